The second-order valence-corrected chi connectivity index (χ2v) is 5.53. The quantitative estimate of drug-likeness (QED) is 0.810. The molecule has 0 amide bonds. The van der Waals surface area contributed by atoms with E-state index in [9.17, 15) is 0 Å². The van der Waals surface area contributed by atoms with Gasteiger partial charge in [-0.05, 0) is 56.8 Å². The average Bonchev–Trinajstić information content (AvgIpc) is 2.66. The summed E-state index contributed by atoms with van der Waals surface area (Å²) in [6, 6.07) is 8.63. The van der Waals surface area contributed by atoms with Crippen molar-refractivity contribution in [2.75, 3.05) is 20.2 Å². The molecular weight excluding hydrogens is 234 g/mol. The minimum Gasteiger partial charge on any atom is -0.494 e. The molecule has 0 spiro atoms. The highest BCUT2D eigenvalue weighted by Gasteiger charge is 2.26. The standard InChI is InChI=1S/C17H27NO/c1-3-19-17-12-8-7-11-16(17)15-10-6-4-5-9-14(15)13-18-2/h7-8,11-12,14-15,18H,3-6,9-10,13H2,1-2H3. The van der Waals surface area contributed by atoms with Crippen LogP contribution in [0.25, 0.3) is 0 Å². The van der Waals surface area contributed by atoms with Crippen LogP contribution in [0.15, 0.2) is 24.3 Å². The van der Waals surface area contributed by atoms with Gasteiger partial charge in [-0.1, -0.05) is 37.5 Å². The SMILES string of the molecule is CCOc1ccccc1C1CCCCCC1CNC. The number of rotatable bonds is 5. The zero-order valence-corrected chi connectivity index (χ0v) is 12.3. The van der Waals surface area contributed by atoms with Crippen molar-refractivity contribution in [2.24, 2.45) is 5.92 Å². The van der Waals surface area contributed by atoms with Gasteiger partial charge in [-0.15, -0.1) is 0 Å². The molecule has 0 aromatic heterocycles. The summed E-state index contributed by atoms with van der Waals surface area (Å²) in [7, 11) is 2.07. The predicted octanol–water partition coefficient (Wildman–Crippen LogP) is 3.97. The molecule has 2 atom stereocenters. The van der Waals surface area contributed by atoms with Gasteiger partial charge in [0.05, 0.1) is 6.61 Å². The number of ether oxygens (including phenoxy) is 1. The Kier molecular flexibility index (Phi) is 5.71. The summed E-state index contributed by atoms with van der Waals surface area (Å²) in [4.78, 5) is 0. The van der Waals surface area contributed by atoms with Crippen LogP contribution in [0.4, 0.5) is 0 Å². The third-order valence-electron chi connectivity index (χ3n) is 4.24. The summed E-state index contributed by atoms with van der Waals surface area (Å²) < 4.78 is 5.84. The zero-order chi connectivity index (χ0) is 13.5. The normalized spacial score (nSPS) is 23.9. The van der Waals surface area contributed by atoms with Crippen molar-refractivity contribution < 1.29 is 4.74 Å². The predicted molar refractivity (Wildman–Crippen MR) is 80.9 cm³/mol. The van der Waals surface area contributed by atoms with Crippen LogP contribution >= 0.6 is 0 Å². The molecule has 0 heterocycles. The maximum atomic E-state index is 5.84. The van der Waals surface area contributed by atoms with E-state index in [0.717, 1.165) is 24.8 Å². The topological polar surface area (TPSA) is 21.3 Å². The third kappa shape index (κ3) is 3.73. The molecule has 106 valence electrons. The number of benzene rings is 1. The van der Waals surface area contributed by atoms with Crippen LogP contribution in [0.3, 0.4) is 0 Å². The Balaban J connectivity index is 2.24. The van der Waals surface area contributed by atoms with E-state index in [1.54, 1.807) is 0 Å². The average molecular weight is 261 g/mol. The van der Waals surface area contributed by atoms with Crippen LogP contribution in [0, 0.1) is 5.92 Å². The van der Waals surface area contributed by atoms with Crippen molar-refractivity contribution in [3.05, 3.63) is 29.8 Å². The van der Waals surface area contributed by atoms with Crippen LogP contribution in [0.1, 0.15) is 50.5 Å². The van der Waals surface area contributed by atoms with Gasteiger partial charge in [-0.25, -0.2) is 0 Å². The van der Waals surface area contributed by atoms with Crippen molar-refractivity contribution in [3.63, 3.8) is 0 Å². The summed E-state index contributed by atoms with van der Waals surface area (Å²) in [5, 5.41) is 3.38. The highest BCUT2D eigenvalue weighted by atomic mass is 16.5. The molecule has 2 heteroatoms. The summed E-state index contributed by atoms with van der Waals surface area (Å²) >= 11 is 0. The Morgan fingerprint density at radius 1 is 1.16 bits per heavy atom. The number of hydrogen-bond donors (Lipinski definition) is 1. The van der Waals surface area contributed by atoms with Gasteiger partial charge in [0.1, 0.15) is 5.75 Å². The molecule has 0 aliphatic heterocycles. The van der Waals surface area contributed by atoms with Crippen molar-refractivity contribution in [3.8, 4) is 5.75 Å². The van der Waals surface area contributed by atoms with Crippen LogP contribution in [0.5, 0.6) is 5.75 Å². The lowest BCUT2D eigenvalue weighted by atomic mass is 9.82. The molecule has 19 heavy (non-hydrogen) atoms. The molecule has 1 aromatic rings. The molecule has 1 aromatic carbocycles. The minimum atomic E-state index is 0.651. The van der Waals surface area contributed by atoms with Gasteiger partial charge in [0.2, 0.25) is 0 Å². The summed E-state index contributed by atoms with van der Waals surface area (Å²) in [5.41, 5.74) is 1.42. The molecule has 1 aliphatic rings. The van der Waals surface area contributed by atoms with Gasteiger partial charge < -0.3 is 10.1 Å². The summed E-state index contributed by atoms with van der Waals surface area (Å²) in [6.45, 7) is 3.93. The van der Waals surface area contributed by atoms with Crippen molar-refractivity contribution in [1.29, 1.82) is 0 Å². The molecule has 0 saturated heterocycles. The Labute approximate surface area is 117 Å². The van der Waals surface area contributed by atoms with E-state index < -0.39 is 0 Å². The minimum absolute atomic E-state index is 0.651. The van der Waals surface area contributed by atoms with E-state index in [-0.39, 0.29) is 0 Å². The van der Waals surface area contributed by atoms with E-state index in [4.69, 9.17) is 4.74 Å². The van der Waals surface area contributed by atoms with Crippen molar-refractivity contribution in [2.45, 2.75) is 44.9 Å². The monoisotopic (exact) mass is 261 g/mol. The zero-order valence-electron chi connectivity index (χ0n) is 12.3. The van der Waals surface area contributed by atoms with E-state index in [1.165, 1.54) is 37.7 Å². The van der Waals surface area contributed by atoms with Gasteiger partial charge in [-0.3, -0.25) is 0 Å². The molecule has 1 aliphatic carbocycles. The Morgan fingerprint density at radius 3 is 2.74 bits per heavy atom. The van der Waals surface area contributed by atoms with Gasteiger partial charge in [-0.2, -0.15) is 0 Å². The highest BCUT2D eigenvalue weighted by molar-refractivity contribution is 5.37. The molecule has 2 rings (SSSR count). The first-order chi connectivity index (χ1) is 9.36. The van der Waals surface area contributed by atoms with Gasteiger partial charge >= 0.3 is 0 Å². The first kappa shape index (κ1) is 14.4. The fourth-order valence-electron chi connectivity index (χ4n) is 3.37. The molecule has 1 saturated carbocycles. The number of para-hydroxylation sites is 1. The van der Waals surface area contributed by atoms with E-state index in [2.05, 4.69) is 43.6 Å². The first-order valence-corrected chi connectivity index (χ1v) is 7.73. The summed E-state index contributed by atoms with van der Waals surface area (Å²) in [5.74, 6) is 2.49. The van der Waals surface area contributed by atoms with Gasteiger partial charge in [0, 0.05) is 0 Å². The van der Waals surface area contributed by atoms with Crippen LogP contribution in [0.2, 0.25) is 0 Å². The molecule has 1 N–H and O–H groups in total. The lowest BCUT2D eigenvalue weighted by molar-refractivity contribution is 0.320. The van der Waals surface area contributed by atoms with Crippen LogP contribution in [-0.4, -0.2) is 20.2 Å². The molecule has 2 nitrogen and oxygen atoms in total. The van der Waals surface area contributed by atoms with Gasteiger partial charge in [0.15, 0.2) is 0 Å². The molecule has 2 unspecified atom stereocenters. The second kappa shape index (κ2) is 7.54. The van der Waals surface area contributed by atoms with E-state index >= 15 is 0 Å². The number of hydrogen-bond acceptors (Lipinski definition) is 2. The fraction of sp³-hybridized carbons (Fsp3) is 0.647. The van der Waals surface area contributed by atoms with Crippen LogP contribution in [-0.2, 0) is 0 Å². The maximum Gasteiger partial charge on any atom is 0.122 e. The molecule has 0 bridgehead atoms. The van der Waals surface area contributed by atoms with Crippen molar-refractivity contribution >= 4 is 0 Å². The van der Waals surface area contributed by atoms with E-state index in [1.807, 2.05) is 0 Å². The van der Waals surface area contributed by atoms with Crippen LogP contribution < -0.4 is 10.1 Å². The Bertz CT molecular complexity index is 377. The Hall–Kier alpha value is -1.02. The lowest BCUT2D eigenvalue weighted by Crippen LogP contribution is -2.24. The highest BCUT2D eigenvalue weighted by Crippen LogP contribution is 2.40. The smallest absolute Gasteiger partial charge is 0.122 e. The largest absolute Gasteiger partial charge is 0.494 e. The summed E-state index contributed by atoms with van der Waals surface area (Å²) in [6.07, 6.45) is 6.75. The first-order valence-electron chi connectivity index (χ1n) is 7.73. The number of nitrogens with one attached hydrogen (secondary N) is 1. The lowest BCUT2D eigenvalue weighted by Gasteiger charge is -2.27. The molecule has 1 fully saturated rings. The maximum absolute atomic E-state index is 5.84. The third-order valence-corrected chi connectivity index (χ3v) is 4.24. The fourth-order valence-corrected chi connectivity index (χ4v) is 3.37. The van der Waals surface area contributed by atoms with Crippen molar-refractivity contribution in [1.82, 2.24) is 5.32 Å². The second-order valence-electron chi connectivity index (χ2n) is 5.53. The molecule has 0 radical (unpaired) electrons. The molecular formula is C17H27NO. The van der Waals surface area contributed by atoms with E-state index in [0.29, 0.717) is 5.92 Å². The van der Waals surface area contributed by atoms with Gasteiger partial charge in [0.25, 0.3) is 0 Å². The Morgan fingerprint density at radius 2 is 1.95 bits per heavy atom.